The average Bonchev–Trinajstić information content (AvgIpc) is 2.81. The zero-order chi connectivity index (χ0) is 14.1. The molecule has 0 radical (unpaired) electrons. The minimum absolute atomic E-state index is 0.255. The summed E-state index contributed by atoms with van der Waals surface area (Å²) in [4.78, 5) is 4.48. The van der Waals surface area contributed by atoms with Crippen LogP contribution in [0.4, 0.5) is 0 Å². The molecular formula is C15H25NOSSi. The van der Waals surface area contributed by atoms with E-state index in [1.807, 2.05) is 5.51 Å². The van der Waals surface area contributed by atoms with Crippen molar-refractivity contribution >= 4 is 25.2 Å². The Morgan fingerprint density at radius 3 is 2.47 bits per heavy atom. The lowest BCUT2D eigenvalue weighted by atomic mass is 9.96. The summed E-state index contributed by atoms with van der Waals surface area (Å²) < 4.78 is 6.56. The molecule has 1 heterocycles. The summed E-state index contributed by atoms with van der Waals surface area (Å²) in [6.07, 6.45) is 4.71. The van der Waals surface area contributed by atoms with Crippen LogP contribution < -0.4 is 0 Å². The molecule has 0 aromatic carbocycles. The smallest absolute Gasteiger partial charge is 0.250 e. The Hall–Kier alpha value is -0.613. The first-order chi connectivity index (χ1) is 8.81. The first-order valence-corrected chi connectivity index (χ1v) is 11.0. The third-order valence-corrected chi connectivity index (χ3v) is 9.30. The van der Waals surface area contributed by atoms with Crippen LogP contribution in [-0.2, 0) is 4.43 Å². The molecule has 0 unspecified atom stereocenters. The predicted molar refractivity (Wildman–Crippen MR) is 85.8 cm³/mol. The fourth-order valence-electron chi connectivity index (χ4n) is 2.08. The maximum atomic E-state index is 6.56. The summed E-state index contributed by atoms with van der Waals surface area (Å²) >= 11 is 1.67. The molecule has 0 saturated carbocycles. The molecule has 1 aromatic rings. The topological polar surface area (TPSA) is 22.1 Å². The van der Waals surface area contributed by atoms with Crippen LogP contribution in [-0.4, -0.2) is 13.3 Å². The Balaban J connectivity index is 2.30. The number of nitrogens with zero attached hydrogens (tertiary/aromatic N) is 1. The third kappa shape index (κ3) is 3.29. The lowest BCUT2D eigenvalue weighted by molar-refractivity contribution is 0.356. The summed E-state index contributed by atoms with van der Waals surface area (Å²) in [7, 11) is -1.73. The largest absolute Gasteiger partial charge is 0.546 e. The summed E-state index contributed by atoms with van der Waals surface area (Å²) in [6.45, 7) is 11.5. The van der Waals surface area contributed by atoms with Crippen molar-refractivity contribution in [2.75, 3.05) is 0 Å². The Labute approximate surface area is 122 Å². The molecule has 0 N–H and O–H groups in total. The number of allylic oxidation sites excluding steroid dienone is 2. The van der Waals surface area contributed by atoms with E-state index in [-0.39, 0.29) is 5.04 Å². The summed E-state index contributed by atoms with van der Waals surface area (Å²) in [5.41, 5.74) is 4.41. The molecular weight excluding hydrogens is 270 g/mol. The van der Waals surface area contributed by atoms with Crippen LogP contribution in [0.2, 0.25) is 18.1 Å². The summed E-state index contributed by atoms with van der Waals surface area (Å²) in [5.74, 6) is 1.23. The van der Waals surface area contributed by atoms with Gasteiger partial charge in [0.25, 0.3) is 0 Å². The second-order valence-electron chi connectivity index (χ2n) is 6.84. The zero-order valence-corrected chi connectivity index (χ0v) is 14.6. The number of hydrogen-bond donors (Lipinski definition) is 0. The molecule has 1 aliphatic rings. The van der Waals surface area contributed by atoms with Gasteiger partial charge in [-0.25, -0.2) is 4.98 Å². The Morgan fingerprint density at radius 1 is 1.21 bits per heavy atom. The normalized spacial score (nSPS) is 17.7. The van der Waals surface area contributed by atoms with Crippen LogP contribution in [0.25, 0.3) is 5.57 Å². The Kier molecular flexibility index (Phi) is 4.21. The van der Waals surface area contributed by atoms with E-state index >= 15 is 0 Å². The molecule has 1 aliphatic carbocycles. The highest BCUT2D eigenvalue weighted by molar-refractivity contribution is 7.07. The molecule has 0 saturated heterocycles. The highest BCUT2D eigenvalue weighted by atomic mass is 32.1. The summed E-state index contributed by atoms with van der Waals surface area (Å²) in [6, 6.07) is 0. The van der Waals surface area contributed by atoms with Gasteiger partial charge in [0.05, 0.1) is 17.0 Å². The van der Waals surface area contributed by atoms with E-state index in [1.165, 1.54) is 24.2 Å². The molecule has 106 valence electrons. The van der Waals surface area contributed by atoms with Crippen LogP contribution in [0.15, 0.2) is 16.6 Å². The van der Waals surface area contributed by atoms with Crippen LogP contribution in [0.3, 0.4) is 0 Å². The van der Waals surface area contributed by atoms with Gasteiger partial charge in [0.2, 0.25) is 8.32 Å². The van der Waals surface area contributed by atoms with Crippen LogP contribution in [0.1, 0.15) is 52.1 Å². The minimum atomic E-state index is -1.73. The van der Waals surface area contributed by atoms with Crippen LogP contribution in [0.5, 0.6) is 0 Å². The minimum Gasteiger partial charge on any atom is -0.546 e. The van der Waals surface area contributed by atoms with Crippen molar-refractivity contribution in [3.05, 3.63) is 22.3 Å². The molecule has 19 heavy (non-hydrogen) atoms. The van der Waals surface area contributed by atoms with E-state index in [2.05, 4.69) is 44.2 Å². The van der Waals surface area contributed by atoms with Gasteiger partial charge in [0.15, 0.2) is 0 Å². The van der Waals surface area contributed by atoms with Crippen molar-refractivity contribution in [1.82, 2.24) is 4.98 Å². The fourth-order valence-corrected chi connectivity index (χ4v) is 3.80. The number of aromatic nitrogens is 1. The first kappa shape index (κ1) is 14.8. The van der Waals surface area contributed by atoms with Gasteiger partial charge >= 0.3 is 0 Å². The maximum absolute atomic E-state index is 6.56. The number of hydrogen-bond acceptors (Lipinski definition) is 3. The molecule has 0 bridgehead atoms. The SMILES string of the molecule is CC(C)(C)[Si](C)(C)OC1=C(c2cscn2)CCCC1. The molecule has 4 heteroatoms. The molecule has 0 atom stereocenters. The second-order valence-corrected chi connectivity index (χ2v) is 12.3. The highest BCUT2D eigenvalue weighted by Gasteiger charge is 2.40. The maximum Gasteiger partial charge on any atom is 0.250 e. The van der Waals surface area contributed by atoms with Gasteiger partial charge in [-0.1, -0.05) is 20.8 Å². The van der Waals surface area contributed by atoms with E-state index in [9.17, 15) is 0 Å². The molecule has 0 spiro atoms. The van der Waals surface area contributed by atoms with E-state index < -0.39 is 8.32 Å². The van der Waals surface area contributed by atoms with Crippen molar-refractivity contribution in [3.8, 4) is 0 Å². The lowest BCUT2D eigenvalue weighted by Gasteiger charge is -2.38. The van der Waals surface area contributed by atoms with Gasteiger partial charge in [0.1, 0.15) is 0 Å². The van der Waals surface area contributed by atoms with Gasteiger partial charge in [-0.15, -0.1) is 11.3 Å². The van der Waals surface area contributed by atoms with E-state index in [1.54, 1.807) is 11.3 Å². The van der Waals surface area contributed by atoms with Crippen LogP contribution >= 0.6 is 11.3 Å². The molecule has 2 rings (SSSR count). The van der Waals surface area contributed by atoms with Crippen molar-refractivity contribution in [1.29, 1.82) is 0 Å². The molecule has 0 aliphatic heterocycles. The fraction of sp³-hybridized carbons (Fsp3) is 0.667. The van der Waals surface area contributed by atoms with Gasteiger partial charge in [-0.2, -0.15) is 0 Å². The van der Waals surface area contributed by atoms with Crippen molar-refractivity contribution in [2.24, 2.45) is 0 Å². The quantitative estimate of drug-likeness (QED) is 0.692. The van der Waals surface area contributed by atoms with Gasteiger partial charge in [0, 0.05) is 17.4 Å². The summed E-state index contributed by atoms with van der Waals surface area (Å²) in [5, 5.41) is 2.40. The lowest BCUT2D eigenvalue weighted by Crippen LogP contribution is -2.40. The third-order valence-electron chi connectivity index (χ3n) is 4.34. The van der Waals surface area contributed by atoms with Crippen LogP contribution in [0, 0.1) is 0 Å². The van der Waals surface area contributed by atoms with Crippen molar-refractivity contribution in [3.63, 3.8) is 0 Å². The standard InChI is InChI=1S/C15H25NOSSi/c1-15(2,3)19(4,5)17-14-9-7-6-8-12(14)13-10-18-11-16-13/h10-11H,6-9H2,1-5H3. The van der Waals surface area contributed by atoms with Gasteiger partial charge in [-0.3, -0.25) is 0 Å². The molecule has 1 aromatic heterocycles. The molecule has 2 nitrogen and oxygen atoms in total. The number of thiazole rings is 1. The molecule has 0 amide bonds. The van der Waals surface area contributed by atoms with Crippen molar-refractivity contribution in [2.45, 2.75) is 64.6 Å². The monoisotopic (exact) mass is 295 g/mol. The number of rotatable bonds is 3. The Morgan fingerprint density at radius 2 is 1.89 bits per heavy atom. The Bertz CT molecular complexity index is 457. The second kappa shape index (κ2) is 5.41. The van der Waals surface area contributed by atoms with E-state index in [0.29, 0.717) is 0 Å². The molecule has 0 fully saturated rings. The first-order valence-electron chi connectivity index (χ1n) is 7.11. The van der Waals surface area contributed by atoms with Crippen molar-refractivity contribution < 1.29 is 4.43 Å². The van der Waals surface area contributed by atoms with Gasteiger partial charge < -0.3 is 4.43 Å². The van der Waals surface area contributed by atoms with E-state index in [0.717, 1.165) is 18.5 Å². The average molecular weight is 296 g/mol. The highest BCUT2D eigenvalue weighted by Crippen LogP contribution is 2.41. The van der Waals surface area contributed by atoms with E-state index in [4.69, 9.17) is 4.43 Å². The zero-order valence-electron chi connectivity index (χ0n) is 12.7. The van der Waals surface area contributed by atoms with Gasteiger partial charge in [-0.05, 0) is 37.4 Å². The predicted octanol–water partition coefficient (Wildman–Crippen LogP) is 5.45.